The maximum absolute atomic E-state index is 12.0. The van der Waals surface area contributed by atoms with Crippen LogP contribution in [-0.4, -0.2) is 18.2 Å². The fourth-order valence-electron chi connectivity index (χ4n) is 2.78. The number of ether oxygens (including phenoxy) is 2. The van der Waals surface area contributed by atoms with Crippen LogP contribution in [0.1, 0.15) is 28.1 Å². The van der Waals surface area contributed by atoms with E-state index in [0.717, 1.165) is 28.1 Å². The summed E-state index contributed by atoms with van der Waals surface area (Å²) in [7, 11) is 1.58. The van der Waals surface area contributed by atoms with Crippen LogP contribution in [0.2, 0.25) is 0 Å². The van der Waals surface area contributed by atoms with E-state index in [9.17, 15) is 4.79 Å². The maximum Gasteiger partial charge on any atom is 0.244 e. The minimum Gasteiger partial charge on any atom is -0.493 e. The average Bonchev–Trinajstić information content (AvgIpc) is 3.07. The SMILES string of the molecule is COc1cc(C=CC(=O)NCc2ccccc2)ccc1OCc1c(C)noc1C. The molecule has 0 fully saturated rings. The van der Waals surface area contributed by atoms with E-state index in [-0.39, 0.29) is 5.91 Å². The van der Waals surface area contributed by atoms with Gasteiger partial charge in [-0.1, -0.05) is 41.6 Å². The van der Waals surface area contributed by atoms with Crippen LogP contribution in [0.15, 0.2) is 59.1 Å². The van der Waals surface area contributed by atoms with Gasteiger partial charge in [0, 0.05) is 12.6 Å². The van der Waals surface area contributed by atoms with Gasteiger partial charge in [-0.25, -0.2) is 0 Å². The second-order valence-corrected chi connectivity index (χ2v) is 6.54. The topological polar surface area (TPSA) is 73.6 Å². The lowest BCUT2D eigenvalue weighted by atomic mass is 10.1. The first-order valence-electron chi connectivity index (χ1n) is 9.29. The summed E-state index contributed by atoms with van der Waals surface area (Å²) < 4.78 is 16.5. The Morgan fingerprint density at radius 3 is 2.62 bits per heavy atom. The first kappa shape index (κ1) is 20.2. The lowest BCUT2D eigenvalue weighted by Crippen LogP contribution is -2.20. The minimum atomic E-state index is -0.161. The number of aromatic nitrogens is 1. The molecule has 1 N–H and O–H groups in total. The first-order valence-corrected chi connectivity index (χ1v) is 9.29. The monoisotopic (exact) mass is 392 g/mol. The molecule has 0 spiro atoms. The summed E-state index contributed by atoms with van der Waals surface area (Å²) in [5.74, 6) is 1.77. The summed E-state index contributed by atoms with van der Waals surface area (Å²) in [5, 5.41) is 6.79. The van der Waals surface area contributed by atoms with Crippen molar-refractivity contribution in [3.63, 3.8) is 0 Å². The minimum absolute atomic E-state index is 0.161. The third-order valence-electron chi connectivity index (χ3n) is 4.48. The molecule has 0 radical (unpaired) electrons. The number of carbonyl (C=O) groups is 1. The summed E-state index contributed by atoms with van der Waals surface area (Å²) in [5.41, 5.74) is 3.62. The van der Waals surface area contributed by atoms with Gasteiger partial charge in [-0.05, 0) is 43.2 Å². The van der Waals surface area contributed by atoms with E-state index in [1.807, 2.05) is 62.4 Å². The van der Waals surface area contributed by atoms with Gasteiger partial charge < -0.3 is 19.3 Å². The van der Waals surface area contributed by atoms with Gasteiger partial charge in [0.05, 0.1) is 18.4 Å². The molecule has 0 saturated carbocycles. The lowest BCUT2D eigenvalue weighted by molar-refractivity contribution is -0.116. The van der Waals surface area contributed by atoms with Crippen LogP contribution >= 0.6 is 0 Å². The van der Waals surface area contributed by atoms with Crippen LogP contribution in [0.5, 0.6) is 11.5 Å². The molecular formula is C23H24N2O4. The molecule has 0 aliphatic heterocycles. The summed E-state index contributed by atoms with van der Waals surface area (Å²) in [6.07, 6.45) is 3.24. The van der Waals surface area contributed by atoms with Gasteiger partial charge in [-0.3, -0.25) is 4.79 Å². The van der Waals surface area contributed by atoms with Gasteiger partial charge in [0.25, 0.3) is 0 Å². The highest BCUT2D eigenvalue weighted by Crippen LogP contribution is 2.30. The van der Waals surface area contributed by atoms with E-state index in [0.29, 0.717) is 24.7 Å². The van der Waals surface area contributed by atoms with Gasteiger partial charge in [0.1, 0.15) is 12.4 Å². The molecule has 0 unspecified atom stereocenters. The van der Waals surface area contributed by atoms with Gasteiger partial charge in [0.15, 0.2) is 11.5 Å². The summed E-state index contributed by atoms with van der Waals surface area (Å²) in [4.78, 5) is 12.0. The van der Waals surface area contributed by atoms with Crippen molar-refractivity contribution >= 4 is 12.0 Å². The van der Waals surface area contributed by atoms with Crippen molar-refractivity contribution in [1.82, 2.24) is 10.5 Å². The van der Waals surface area contributed by atoms with E-state index in [2.05, 4.69) is 10.5 Å². The van der Waals surface area contributed by atoms with Gasteiger partial charge in [-0.15, -0.1) is 0 Å². The zero-order valence-corrected chi connectivity index (χ0v) is 16.8. The molecule has 0 atom stereocenters. The number of hydrogen-bond acceptors (Lipinski definition) is 5. The van der Waals surface area contributed by atoms with E-state index >= 15 is 0 Å². The van der Waals surface area contributed by atoms with Gasteiger partial charge in [0.2, 0.25) is 5.91 Å². The largest absolute Gasteiger partial charge is 0.493 e. The number of nitrogens with zero attached hydrogens (tertiary/aromatic N) is 1. The van der Waals surface area contributed by atoms with E-state index < -0.39 is 0 Å². The molecule has 29 heavy (non-hydrogen) atoms. The van der Waals surface area contributed by atoms with Crippen molar-refractivity contribution in [1.29, 1.82) is 0 Å². The van der Waals surface area contributed by atoms with Crippen LogP contribution in [0.3, 0.4) is 0 Å². The number of amides is 1. The maximum atomic E-state index is 12.0. The van der Waals surface area contributed by atoms with Crippen LogP contribution < -0.4 is 14.8 Å². The average molecular weight is 392 g/mol. The molecule has 3 rings (SSSR count). The Hall–Kier alpha value is -3.54. The molecule has 1 heterocycles. The second kappa shape index (κ2) is 9.59. The molecule has 1 amide bonds. The van der Waals surface area contributed by atoms with E-state index in [1.165, 1.54) is 6.08 Å². The highest BCUT2D eigenvalue weighted by Gasteiger charge is 2.12. The molecule has 0 bridgehead atoms. The lowest BCUT2D eigenvalue weighted by Gasteiger charge is -2.11. The Bertz CT molecular complexity index is 974. The highest BCUT2D eigenvalue weighted by atomic mass is 16.5. The predicted molar refractivity (Wildman–Crippen MR) is 111 cm³/mol. The van der Waals surface area contributed by atoms with Gasteiger partial charge in [-0.2, -0.15) is 0 Å². The zero-order valence-electron chi connectivity index (χ0n) is 16.8. The van der Waals surface area contributed by atoms with Crippen molar-refractivity contribution in [2.24, 2.45) is 0 Å². The highest BCUT2D eigenvalue weighted by molar-refractivity contribution is 5.91. The Morgan fingerprint density at radius 1 is 1.14 bits per heavy atom. The fourth-order valence-corrected chi connectivity index (χ4v) is 2.78. The van der Waals surface area contributed by atoms with Gasteiger partial charge >= 0.3 is 0 Å². The van der Waals surface area contributed by atoms with Crippen molar-refractivity contribution in [2.45, 2.75) is 27.0 Å². The summed E-state index contributed by atoms with van der Waals surface area (Å²) >= 11 is 0. The zero-order chi connectivity index (χ0) is 20.6. The fraction of sp³-hybridized carbons (Fsp3) is 0.217. The smallest absolute Gasteiger partial charge is 0.244 e. The standard InChI is InChI=1S/C23H24N2O4/c1-16-20(17(2)29-25-16)15-28-21-11-9-18(13-22(21)27-3)10-12-23(26)24-14-19-7-5-4-6-8-19/h4-13H,14-15H2,1-3H3,(H,24,26). The predicted octanol–water partition coefficient (Wildman–Crippen LogP) is 4.21. The Morgan fingerprint density at radius 2 is 1.93 bits per heavy atom. The summed E-state index contributed by atoms with van der Waals surface area (Å²) in [6, 6.07) is 15.3. The molecule has 1 aromatic heterocycles. The molecule has 150 valence electrons. The molecule has 3 aromatic rings. The number of benzene rings is 2. The quantitative estimate of drug-likeness (QED) is 0.582. The van der Waals surface area contributed by atoms with Crippen LogP contribution in [-0.2, 0) is 17.9 Å². The molecule has 0 aliphatic carbocycles. The molecule has 0 aliphatic rings. The van der Waals surface area contributed by atoms with Crippen molar-refractivity contribution < 1.29 is 18.8 Å². The Labute approximate surface area is 170 Å². The normalized spacial score (nSPS) is 10.9. The second-order valence-electron chi connectivity index (χ2n) is 6.54. The first-order chi connectivity index (χ1) is 14.1. The molecule has 0 saturated heterocycles. The number of hydrogen-bond donors (Lipinski definition) is 1. The van der Waals surface area contributed by atoms with E-state index in [1.54, 1.807) is 13.2 Å². The van der Waals surface area contributed by atoms with Crippen molar-refractivity contribution in [3.8, 4) is 11.5 Å². The summed E-state index contributed by atoms with van der Waals surface area (Å²) in [6.45, 7) is 4.56. The van der Waals surface area contributed by atoms with E-state index in [4.69, 9.17) is 14.0 Å². The van der Waals surface area contributed by atoms with Crippen LogP contribution in [0, 0.1) is 13.8 Å². The van der Waals surface area contributed by atoms with Crippen molar-refractivity contribution in [3.05, 3.63) is 82.8 Å². The number of aryl methyl sites for hydroxylation is 2. The van der Waals surface area contributed by atoms with Crippen LogP contribution in [0.25, 0.3) is 6.08 Å². The molecule has 6 nitrogen and oxygen atoms in total. The number of rotatable bonds is 8. The molecular weight excluding hydrogens is 368 g/mol. The Balaban J connectivity index is 1.60. The third-order valence-corrected chi connectivity index (χ3v) is 4.48. The Kier molecular flexibility index (Phi) is 6.68. The third kappa shape index (κ3) is 5.48. The molecule has 2 aromatic carbocycles. The van der Waals surface area contributed by atoms with Crippen molar-refractivity contribution in [2.75, 3.05) is 7.11 Å². The number of nitrogens with one attached hydrogen (secondary N) is 1. The van der Waals surface area contributed by atoms with Crippen LogP contribution in [0.4, 0.5) is 0 Å². The number of carbonyl (C=O) groups excluding carboxylic acids is 1. The number of methoxy groups -OCH3 is 1. The molecule has 6 heteroatoms.